The number of aliphatic hydroxyl groups is 1. The molecule has 0 rings (SSSR count). The fraction of sp³-hybridized carbons (Fsp3) is 0.733. The topological polar surface area (TPSA) is 29.5 Å². The third-order valence-electron chi connectivity index (χ3n) is 2.07. The van der Waals surface area contributed by atoms with Gasteiger partial charge in [0.2, 0.25) is 0 Å². The minimum atomic E-state index is -0.115. The summed E-state index contributed by atoms with van der Waals surface area (Å²) in [6, 6.07) is 0. The molecule has 1 unspecified atom stereocenters. The van der Waals surface area contributed by atoms with Gasteiger partial charge < -0.3 is 9.84 Å². The van der Waals surface area contributed by atoms with Crippen LogP contribution >= 0.6 is 0 Å². The molecule has 0 aliphatic heterocycles. The highest BCUT2D eigenvalue weighted by Gasteiger charge is 2.14. The van der Waals surface area contributed by atoms with Gasteiger partial charge in [-0.3, -0.25) is 0 Å². The van der Waals surface area contributed by atoms with Gasteiger partial charge in [0.05, 0.1) is 18.8 Å². The fourth-order valence-electron chi connectivity index (χ4n) is 1.17. The normalized spacial score (nSPS) is 12.1. The predicted octanol–water partition coefficient (Wildman–Crippen LogP) is 2.61. The quantitative estimate of drug-likeness (QED) is 0.744. The van der Waals surface area contributed by atoms with E-state index in [4.69, 9.17) is 9.84 Å². The molecule has 0 aromatic heterocycles. The number of rotatable bonds is 5. The van der Waals surface area contributed by atoms with Gasteiger partial charge in [-0.15, -0.1) is 23.7 Å². The van der Waals surface area contributed by atoms with Crippen molar-refractivity contribution in [3.8, 4) is 23.7 Å². The molecule has 1 N–H and O–H groups in total. The maximum absolute atomic E-state index is 8.63. The van der Waals surface area contributed by atoms with E-state index in [1.165, 1.54) is 0 Å². The van der Waals surface area contributed by atoms with Gasteiger partial charge >= 0.3 is 0 Å². The summed E-state index contributed by atoms with van der Waals surface area (Å²) in [5.74, 6) is 12.3. The summed E-state index contributed by atoms with van der Waals surface area (Å²) in [5, 5.41) is 8.63. The molecule has 17 heavy (non-hydrogen) atoms. The highest BCUT2D eigenvalue weighted by Crippen LogP contribution is 2.14. The largest absolute Gasteiger partial charge is 0.395 e. The van der Waals surface area contributed by atoms with Crippen LogP contribution in [0.2, 0.25) is 0 Å². The van der Waals surface area contributed by atoms with Crippen LogP contribution in [-0.2, 0) is 4.74 Å². The second-order valence-electron chi connectivity index (χ2n) is 4.95. The van der Waals surface area contributed by atoms with Crippen molar-refractivity contribution in [2.45, 2.75) is 52.6 Å². The van der Waals surface area contributed by atoms with Crippen molar-refractivity contribution in [3.05, 3.63) is 0 Å². The number of aliphatic hydroxyl groups excluding tert-OH is 1. The fourth-order valence-corrected chi connectivity index (χ4v) is 1.17. The Balaban J connectivity index is 4.13. The molecule has 2 heteroatoms. The minimum Gasteiger partial charge on any atom is -0.395 e. The molecule has 2 nitrogen and oxygen atoms in total. The number of ether oxygens (including phenoxy) is 1. The van der Waals surface area contributed by atoms with Crippen LogP contribution in [0.3, 0.4) is 0 Å². The van der Waals surface area contributed by atoms with Crippen molar-refractivity contribution >= 4 is 0 Å². The van der Waals surface area contributed by atoms with Gasteiger partial charge in [0.1, 0.15) is 0 Å². The lowest BCUT2D eigenvalue weighted by atomic mass is 10.0. The summed E-state index contributed by atoms with van der Waals surface area (Å²) in [7, 11) is 0. The van der Waals surface area contributed by atoms with Gasteiger partial charge in [0.15, 0.2) is 0 Å². The Hall–Kier alpha value is -0.960. The second-order valence-corrected chi connectivity index (χ2v) is 4.95. The van der Waals surface area contributed by atoms with Crippen LogP contribution in [0.15, 0.2) is 0 Å². The van der Waals surface area contributed by atoms with Crippen molar-refractivity contribution in [2.75, 3.05) is 13.2 Å². The first-order chi connectivity index (χ1) is 7.99. The van der Waals surface area contributed by atoms with Gasteiger partial charge in [-0.2, -0.15) is 0 Å². The molecular formula is C15H24O2. The van der Waals surface area contributed by atoms with Crippen molar-refractivity contribution in [1.82, 2.24) is 0 Å². The molecule has 0 saturated heterocycles. The molecule has 0 aromatic carbocycles. The first-order valence-corrected chi connectivity index (χ1v) is 6.09. The smallest absolute Gasteiger partial charge is 0.0598 e. The Kier molecular flexibility index (Phi) is 8.60. The Morgan fingerprint density at radius 1 is 1.12 bits per heavy atom. The van der Waals surface area contributed by atoms with Crippen LogP contribution < -0.4 is 0 Å². The zero-order valence-corrected chi connectivity index (χ0v) is 11.5. The summed E-state index contributed by atoms with van der Waals surface area (Å²) in [4.78, 5) is 0. The molecule has 96 valence electrons. The molecule has 0 aromatic rings. The lowest BCUT2D eigenvalue weighted by molar-refractivity contribution is -0.0207. The lowest BCUT2D eigenvalue weighted by Gasteiger charge is -2.22. The summed E-state index contributed by atoms with van der Waals surface area (Å²) in [6.45, 7) is 8.81. The molecule has 0 fully saturated rings. The van der Waals surface area contributed by atoms with Crippen LogP contribution in [0.5, 0.6) is 0 Å². The first kappa shape index (κ1) is 16.0. The van der Waals surface area contributed by atoms with Gasteiger partial charge in [-0.1, -0.05) is 0 Å². The Bertz CT molecular complexity index is 304. The summed E-state index contributed by atoms with van der Waals surface area (Å²) < 4.78 is 5.76. The van der Waals surface area contributed by atoms with E-state index in [9.17, 15) is 0 Å². The molecule has 0 radical (unpaired) electrons. The SMILES string of the molecule is CC#CCC(CC#CCCO)COC(C)(C)C. The molecule has 0 bridgehead atoms. The van der Waals surface area contributed by atoms with E-state index >= 15 is 0 Å². The zero-order chi connectivity index (χ0) is 13.1. The maximum atomic E-state index is 8.63. The van der Waals surface area contributed by atoms with Crippen molar-refractivity contribution < 1.29 is 9.84 Å². The van der Waals surface area contributed by atoms with Crippen LogP contribution in [0.25, 0.3) is 0 Å². The van der Waals surface area contributed by atoms with Gasteiger partial charge in [0, 0.05) is 25.2 Å². The zero-order valence-electron chi connectivity index (χ0n) is 11.5. The number of hydrogen-bond donors (Lipinski definition) is 1. The second kappa shape index (κ2) is 9.11. The highest BCUT2D eigenvalue weighted by atomic mass is 16.5. The molecule has 0 spiro atoms. The molecule has 0 saturated carbocycles. The number of hydrogen-bond acceptors (Lipinski definition) is 2. The van der Waals surface area contributed by atoms with Crippen molar-refractivity contribution in [2.24, 2.45) is 5.92 Å². The van der Waals surface area contributed by atoms with Gasteiger partial charge in [0.25, 0.3) is 0 Å². The van der Waals surface area contributed by atoms with Crippen molar-refractivity contribution in [1.29, 1.82) is 0 Å². The minimum absolute atomic E-state index is 0.115. The summed E-state index contributed by atoms with van der Waals surface area (Å²) in [5.41, 5.74) is -0.115. The first-order valence-electron chi connectivity index (χ1n) is 6.09. The predicted molar refractivity (Wildman–Crippen MR) is 71.4 cm³/mol. The third-order valence-corrected chi connectivity index (χ3v) is 2.07. The average Bonchev–Trinajstić information content (AvgIpc) is 2.25. The maximum Gasteiger partial charge on any atom is 0.0598 e. The third kappa shape index (κ3) is 11.3. The Morgan fingerprint density at radius 2 is 1.76 bits per heavy atom. The molecular weight excluding hydrogens is 212 g/mol. The van der Waals surface area contributed by atoms with E-state index in [0.29, 0.717) is 18.9 Å². The summed E-state index contributed by atoms with van der Waals surface area (Å²) in [6.07, 6.45) is 2.15. The molecule has 0 aliphatic carbocycles. The van der Waals surface area contributed by atoms with E-state index < -0.39 is 0 Å². The molecule has 1 atom stereocenters. The van der Waals surface area contributed by atoms with Gasteiger partial charge in [-0.05, 0) is 27.7 Å². The Labute approximate surface area is 106 Å². The van der Waals surface area contributed by atoms with Crippen LogP contribution in [-0.4, -0.2) is 23.9 Å². The average molecular weight is 236 g/mol. The molecule has 0 amide bonds. The standard InChI is InChI=1S/C15H24O2/c1-5-6-10-14(11-8-7-9-12-16)13-17-15(2,3)4/h14,16H,9-13H2,1-4H3. The van der Waals surface area contributed by atoms with Crippen LogP contribution in [0.4, 0.5) is 0 Å². The molecule has 0 aliphatic rings. The van der Waals surface area contributed by atoms with E-state index in [1.54, 1.807) is 0 Å². The highest BCUT2D eigenvalue weighted by molar-refractivity contribution is 5.03. The summed E-state index contributed by atoms with van der Waals surface area (Å²) >= 11 is 0. The van der Waals surface area contributed by atoms with Crippen LogP contribution in [0, 0.1) is 29.6 Å². The Morgan fingerprint density at radius 3 is 2.29 bits per heavy atom. The van der Waals surface area contributed by atoms with E-state index in [1.807, 2.05) is 27.7 Å². The molecule has 0 heterocycles. The van der Waals surface area contributed by atoms with Crippen molar-refractivity contribution in [3.63, 3.8) is 0 Å². The van der Waals surface area contributed by atoms with Gasteiger partial charge in [-0.25, -0.2) is 0 Å². The lowest BCUT2D eigenvalue weighted by Crippen LogP contribution is -2.23. The van der Waals surface area contributed by atoms with Crippen LogP contribution in [0.1, 0.15) is 47.0 Å². The monoisotopic (exact) mass is 236 g/mol. The van der Waals surface area contributed by atoms with E-state index in [2.05, 4.69) is 23.7 Å². The van der Waals surface area contributed by atoms with E-state index in [-0.39, 0.29) is 12.2 Å². The van der Waals surface area contributed by atoms with E-state index in [0.717, 1.165) is 12.8 Å².